The van der Waals surface area contributed by atoms with Gasteiger partial charge in [-0.2, -0.15) is 0 Å². The predicted octanol–water partition coefficient (Wildman–Crippen LogP) is 4.07. The number of halogens is 1. The fraction of sp³-hybridized carbons (Fsp3) is 0.133. The molecular weight excluding hydrogens is 356 g/mol. The van der Waals surface area contributed by atoms with Crippen molar-refractivity contribution in [1.29, 1.82) is 0 Å². The van der Waals surface area contributed by atoms with E-state index in [1.165, 1.54) is 17.6 Å². The van der Waals surface area contributed by atoms with Gasteiger partial charge in [-0.1, -0.05) is 22.8 Å². The van der Waals surface area contributed by atoms with E-state index in [0.717, 1.165) is 10.4 Å². The molecule has 23 heavy (non-hydrogen) atoms. The summed E-state index contributed by atoms with van der Waals surface area (Å²) in [6, 6.07) is 10.4. The standard InChI is InChI=1S/C15H13ClN2O3S2/c1-23(19,20)12-4-2-3-11(7-12)17-8-10-9-18-21-15(10)13-5-6-14(16)22-13/h2-7,9,17H,8H2,1H3. The topological polar surface area (TPSA) is 72.2 Å². The molecule has 0 aliphatic rings. The molecule has 0 spiro atoms. The lowest BCUT2D eigenvalue weighted by Gasteiger charge is -2.07. The van der Waals surface area contributed by atoms with Crippen LogP contribution in [0.5, 0.6) is 0 Å². The molecule has 0 unspecified atom stereocenters. The van der Waals surface area contributed by atoms with Gasteiger partial charge in [-0.3, -0.25) is 0 Å². The van der Waals surface area contributed by atoms with E-state index in [-0.39, 0.29) is 4.90 Å². The molecule has 0 amide bonds. The van der Waals surface area contributed by atoms with Crippen LogP contribution < -0.4 is 5.32 Å². The summed E-state index contributed by atoms with van der Waals surface area (Å²) in [6.07, 6.45) is 2.82. The second-order valence-corrected chi connectivity index (χ2v) is 8.67. The minimum Gasteiger partial charge on any atom is -0.381 e. The van der Waals surface area contributed by atoms with Gasteiger partial charge in [0.15, 0.2) is 15.6 Å². The third kappa shape index (κ3) is 3.74. The Morgan fingerprint density at radius 3 is 2.83 bits per heavy atom. The Hall–Kier alpha value is -1.83. The van der Waals surface area contributed by atoms with Gasteiger partial charge < -0.3 is 9.84 Å². The van der Waals surface area contributed by atoms with Crippen LogP contribution in [0.2, 0.25) is 4.34 Å². The highest BCUT2D eigenvalue weighted by molar-refractivity contribution is 7.90. The van der Waals surface area contributed by atoms with Gasteiger partial charge in [0.05, 0.1) is 20.3 Å². The Bertz CT molecular complexity index is 932. The zero-order chi connectivity index (χ0) is 16.4. The third-order valence-corrected chi connectivity index (χ3v) is 5.53. The van der Waals surface area contributed by atoms with Crippen LogP contribution in [0.4, 0.5) is 5.69 Å². The summed E-state index contributed by atoms with van der Waals surface area (Å²) in [6.45, 7) is 0.460. The van der Waals surface area contributed by atoms with E-state index >= 15 is 0 Å². The highest BCUT2D eigenvalue weighted by Crippen LogP contribution is 2.33. The van der Waals surface area contributed by atoms with Crippen LogP contribution in [0.25, 0.3) is 10.6 Å². The van der Waals surface area contributed by atoms with Crippen molar-refractivity contribution in [2.45, 2.75) is 11.4 Å². The largest absolute Gasteiger partial charge is 0.381 e. The number of thiophene rings is 1. The van der Waals surface area contributed by atoms with E-state index in [2.05, 4.69) is 10.5 Å². The van der Waals surface area contributed by atoms with Crippen molar-refractivity contribution >= 4 is 38.5 Å². The number of hydrogen-bond donors (Lipinski definition) is 1. The van der Waals surface area contributed by atoms with Crippen molar-refractivity contribution in [1.82, 2.24) is 5.16 Å². The Balaban J connectivity index is 1.79. The number of rotatable bonds is 5. The Kier molecular flexibility index (Phi) is 4.43. The molecule has 0 fully saturated rings. The predicted molar refractivity (Wildman–Crippen MR) is 91.7 cm³/mol. The fourth-order valence-corrected chi connectivity index (χ4v) is 3.78. The second kappa shape index (κ2) is 6.35. The smallest absolute Gasteiger partial charge is 0.181 e. The maximum atomic E-state index is 11.6. The number of anilines is 1. The van der Waals surface area contributed by atoms with Crippen molar-refractivity contribution in [2.75, 3.05) is 11.6 Å². The fourth-order valence-electron chi connectivity index (χ4n) is 2.06. The molecule has 2 aromatic heterocycles. The zero-order valence-electron chi connectivity index (χ0n) is 12.1. The lowest BCUT2D eigenvalue weighted by Crippen LogP contribution is -2.02. The molecule has 5 nitrogen and oxygen atoms in total. The molecule has 120 valence electrons. The first-order valence-electron chi connectivity index (χ1n) is 6.67. The quantitative estimate of drug-likeness (QED) is 0.734. The number of aromatic nitrogens is 1. The van der Waals surface area contributed by atoms with Crippen LogP contribution in [-0.4, -0.2) is 19.8 Å². The zero-order valence-corrected chi connectivity index (χ0v) is 14.5. The van der Waals surface area contributed by atoms with Crippen LogP contribution in [0.1, 0.15) is 5.56 Å². The van der Waals surface area contributed by atoms with Crippen molar-refractivity contribution in [3.63, 3.8) is 0 Å². The van der Waals surface area contributed by atoms with Crippen molar-refractivity contribution in [3.05, 3.63) is 52.5 Å². The molecule has 2 heterocycles. The first kappa shape index (κ1) is 16.0. The molecule has 3 aromatic rings. The highest BCUT2D eigenvalue weighted by atomic mass is 35.5. The van der Waals surface area contributed by atoms with E-state index < -0.39 is 9.84 Å². The minimum atomic E-state index is -3.23. The van der Waals surface area contributed by atoms with Crippen LogP contribution in [0.15, 0.2) is 52.0 Å². The lowest BCUT2D eigenvalue weighted by molar-refractivity contribution is 0.432. The van der Waals surface area contributed by atoms with Gasteiger partial charge in [0, 0.05) is 24.1 Å². The lowest BCUT2D eigenvalue weighted by atomic mass is 10.2. The van der Waals surface area contributed by atoms with Crippen molar-refractivity contribution in [3.8, 4) is 10.6 Å². The van der Waals surface area contributed by atoms with Crippen LogP contribution in [-0.2, 0) is 16.4 Å². The summed E-state index contributed by atoms with van der Waals surface area (Å²) in [5.41, 5.74) is 1.58. The van der Waals surface area contributed by atoms with Gasteiger partial charge in [-0.05, 0) is 30.3 Å². The van der Waals surface area contributed by atoms with Gasteiger partial charge in [-0.25, -0.2) is 8.42 Å². The molecule has 8 heteroatoms. The Morgan fingerprint density at radius 2 is 2.13 bits per heavy atom. The van der Waals surface area contributed by atoms with Gasteiger partial charge >= 0.3 is 0 Å². The van der Waals surface area contributed by atoms with Crippen molar-refractivity contribution < 1.29 is 12.9 Å². The number of hydrogen-bond acceptors (Lipinski definition) is 6. The average Bonchev–Trinajstić information content (AvgIpc) is 3.13. The summed E-state index contributed by atoms with van der Waals surface area (Å²) in [4.78, 5) is 1.17. The summed E-state index contributed by atoms with van der Waals surface area (Å²) in [5, 5.41) is 7.01. The van der Waals surface area contributed by atoms with Crippen LogP contribution in [0.3, 0.4) is 0 Å². The van der Waals surface area contributed by atoms with E-state index in [1.807, 2.05) is 12.1 Å². The molecule has 0 aliphatic carbocycles. The van der Waals surface area contributed by atoms with Gasteiger partial charge in [0.25, 0.3) is 0 Å². The molecule has 0 radical (unpaired) electrons. The molecular formula is C15H13ClN2O3S2. The molecule has 0 bridgehead atoms. The van der Waals surface area contributed by atoms with Gasteiger partial charge in [0.1, 0.15) is 0 Å². The molecule has 0 saturated heterocycles. The highest BCUT2D eigenvalue weighted by Gasteiger charge is 2.13. The van der Waals surface area contributed by atoms with E-state index in [9.17, 15) is 8.42 Å². The minimum absolute atomic E-state index is 0.276. The Morgan fingerprint density at radius 1 is 1.30 bits per heavy atom. The molecule has 1 aromatic carbocycles. The molecule has 0 atom stereocenters. The molecule has 0 aliphatic heterocycles. The first-order chi connectivity index (χ1) is 10.9. The maximum Gasteiger partial charge on any atom is 0.181 e. The maximum absolute atomic E-state index is 11.6. The van der Waals surface area contributed by atoms with Crippen LogP contribution in [0, 0.1) is 0 Å². The van der Waals surface area contributed by atoms with E-state index in [0.29, 0.717) is 22.3 Å². The number of benzene rings is 1. The second-order valence-electron chi connectivity index (χ2n) is 4.94. The number of nitrogens with one attached hydrogen (secondary N) is 1. The third-order valence-electron chi connectivity index (χ3n) is 3.19. The summed E-state index contributed by atoms with van der Waals surface area (Å²) < 4.78 is 29.2. The Labute approximate surface area is 142 Å². The summed E-state index contributed by atoms with van der Waals surface area (Å²) in [7, 11) is -3.23. The average molecular weight is 369 g/mol. The molecule has 3 rings (SSSR count). The summed E-state index contributed by atoms with van der Waals surface area (Å²) >= 11 is 7.36. The molecule has 0 saturated carbocycles. The van der Waals surface area contributed by atoms with Crippen molar-refractivity contribution in [2.24, 2.45) is 0 Å². The monoisotopic (exact) mass is 368 g/mol. The van der Waals surface area contributed by atoms with Gasteiger partial charge in [0.2, 0.25) is 0 Å². The molecule has 1 N–H and O–H groups in total. The number of sulfone groups is 1. The SMILES string of the molecule is CS(=O)(=O)c1cccc(NCc2cnoc2-c2ccc(Cl)s2)c1. The van der Waals surface area contributed by atoms with Gasteiger partial charge in [-0.15, -0.1) is 11.3 Å². The van der Waals surface area contributed by atoms with E-state index in [4.69, 9.17) is 16.1 Å². The first-order valence-corrected chi connectivity index (χ1v) is 9.75. The van der Waals surface area contributed by atoms with Crippen LogP contribution >= 0.6 is 22.9 Å². The van der Waals surface area contributed by atoms with E-state index in [1.54, 1.807) is 30.5 Å². The number of nitrogens with zero attached hydrogens (tertiary/aromatic N) is 1. The summed E-state index contributed by atoms with van der Waals surface area (Å²) in [5.74, 6) is 0.661. The normalized spacial score (nSPS) is 11.6.